The quantitative estimate of drug-likeness (QED) is 0.500. The molecule has 1 rings (SSSR count). The van der Waals surface area contributed by atoms with Gasteiger partial charge in [0.25, 0.3) is 0 Å². The van der Waals surface area contributed by atoms with Gasteiger partial charge in [0.15, 0.2) is 0 Å². The molecule has 0 aliphatic heterocycles. The lowest BCUT2D eigenvalue weighted by molar-refractivity contribution is 0.608. The highest BCUT2D eigenvalue weighted by Crippen LogP contribution is 2.21. The van der Waals surface area contributed by atoms with Crippen molar-refractivity contribution in [2.24, 2.45) is 0 Å². The van der Waals surface area contributed by atoms with Crippen LogP contribution in [0.4, 0.5) is 5.69 Å². The van der Waals surface area contributed by atoms with Crippen LogP contribution in [0.25, 0.3) is 0 Å². The van der Waals surface area contributed by atoms with Crippen LogP contribution in [0.2, 0.25) is 0 Å². The molecule has 21 heavy (non-hydrogen) atoms. The monoisotopic (exact) mass is 286 g/mol. The number of hydrogen-bond acceptors (Lipinski definition) is 2. The van der Waals surface area contributed by atoms with Gasteiger partial charge in [-0.1, -0.05) is 64.5 Å². The summed E-state index contributed by atoms with van der Waals surface area (Å²) >= 11 is 0. The fourth-order valence-corrected chi connectivity index (χ4v) is 2.66. The Morgan fingerprint density at radius 1 is 0.857 bits per heavy atom. The standard InChI is InChI=1S/C19H30N2/c1-3-5-7-11-15-21(16-12-8-6-4-2)19-14-10-9-13-18(19)17-20/h9-10,13-14H,3-8,11-12,15-16H2,1-2H3. The predicted molar refractivity (Wildman–Crippen MR) is 91.7 cm³/mol. The van der Waals surface area contributed by atoms with Gasteiger partial charge in [0.2, 0.25) is 0 Å². The molecule has 0 radical (unpaired) electrons. The van der Waals surface area contributed by atoms with Crippen LogP contribution in [0.5, 0.6) is 0 Å². The molecule has 0 heterocycles. The van der Waals surface area contributed by atoms with Gasteiger partial charge in [-0.05, 0) is 25.0 Å². The summed E-state index contributed by atoms with van der Waals surface area (Å²) in [6, 6.07) is 10.4. The summed E-state index contributed by atoms with van der Waals surface area (Å²) in [5, 5.41) is 9.31. The Balaban J connectivity index is 2.63. The van der Waals surface area contributed by atoms with Crippen molar-refractivity contribution in [3.05, 3.63) is 29.8 Å². The molecule has 0 aromatic heterocycles. The summed E-state index contributed by atoms with van der Waals surface area (Å²) in [7, 11) is 0. The van der Waals surface area contributed by atoms with Gasteiger partial charge in [0.1, 0.15) is 6.07 Å². The van der Waals surface area contributed by atoms with Crippen molar-refractivity contribution in [2.75, 3.05) is 18.0 Å². The van der Waals surface area contributed by atoms with Crippen molar-refractivity contribution in [3.8, 4) is 6.07 Å². The van der Waals surface area contributed by atoms with Crippen molar-refractivity contribution in [2.45, 2.75) is 65.2 Å². The van der Waals surface area contributed by atoms with Crippen LogP contribution in [-0.4, -0.2) is 13.1 Å². The molecule has 1 aromatic rings. The number of hydrogen-bond donors (Lipinski definition) is 0. The smallest absolute Gasteiger partial charge is 0.101 e. The minimum atomic E-state index is 0.809. The summed E-state index contributed by atoms with van der Waals surface area (Å²) < 4.78 is 0. The number of rotatable bonds is 11. The molecule has 116 valence electrons. The zero-order chi connectivity index (χ0) is 15.3. The molecule has 2 nitrogen and oxygen atoms in total. The number of nitriles is 1. The van der Waals surface area contributed by atoms with Crippen LogP contribution in [0.1, 0.15) is 70.8 Å². The first-order valence-electron chi connectivity index (χ1n) is 8.57. The van der Waals surface area contributed by atoms with Gasteiger partial charge < -0.3 is 4.90 Å². The van der Waals surface area contributed by atoms with Crippen LogP contribution in [0.15, 0.2) is 24.3 Å². The largest absolute Gasteiger partial charge is 0.370 e. The second-order valence-electron chi connectivity index (χ2n) is 5.74. The van der Waals surface area contributed by atoms with E-state index in [1.54, 1.807) is 0 Å². The van der Waals surface area contributed by atoms with Crippen molar-refractivity contribution in [1.29, 1.82) is 5.26 Å². The van der Waals surface area contributed by atoms with Crippen molar-refractivity contribution in [3.63, 3.8) is 0 Å². The Morgan fingerprint density at radius 2 is 1.43 bits per heavy atom. The van der Waals surface area contributed by atoms with Gasteiger partial charge in [-0.25, -0.2) is 0 Å². The first kappa shape index (κ1) is 17.6. The maximum atomic E-state index is 9.31. The minimum absolute atomic E-state index is 0.809. The van der Waals surface area contributed by atoms with E-state index in [1.807, 2.05) is 18.2 Å². The Hall–Kier alpha value is -1.49. The number of anilines is 1. The van der Waals surface area contributed by atoms with Gasteiger partial charge >= 0.3 is 0 Å². The van der Waals surface area contributed by atoms with Crippen LogP contribution in [0, 0.1) is 11.3 Å². The highest BCUT2D eigenvalue weighted by Gasteiger charge is 2.10. The van der Waals surface area contributed by atoms with Gasteiger partial charge in [0, 0.05) is 13.1 Å². The average molecular weight is 286 g/mol. The highest BCUT2D eigenvalue weighted by molar-refractivity contribution is 5.59. The average Bonchev–Trinajstić information content (AvgIpc) is 2.53. The van der Waals surface area contributed by atoms with Crippen molar-refractivity contribution in [1.82, 2.24) is 0 Å². The zero-order valence-corrected chi connectivity index (χ0v) is 13.8. The van der Waals surface area contributed by atoms with E-state index in [-0.39, 0.29) is 0 Å². The molecule has 0 fully saturated rings. The lowest BCUT2D eigenvalue weighted by Crippen LogP contribution is -2.26. The second-order valence-corrected chi connectivity index (χ2v) is 5.74. The zero-order valence-electron chi connectivity index (χ0n) is 13.8. The molecular weight excluding hydrogens is 256 g/mol. The van der Waals surface area contributed by atoms with Gasteiger partial charge in [-0.2, -0.15) is 5.26 Å². The number of nitrogens with zero attached hydrogens (tertiary/aromatic N) is 2. The van der Waals surface area contributed by atoms with E-state index in [1.165, 1.54) is 51.4 Å². The van der Waals surface area contributed by atoms with Gasteiger partial charge in [-0.15, -0.1) is 0 Å². The summed E-state index contributed by atoms with van der Waals surface area (Å²) in [4.78, 5) is 2.42. The number of para-hydroxylation sites is 1. The molecule has 1 aromatic carbocycles. The summed E-state index contributed by atoms with van der Waals surface area (Å²) in [6.45, 7) is 6.64. The fraction of sp³-hybridized carbons (Fsp3) is 0.632. The summed E-state index contributed by atoms with van der Waals surface area (Å²) in [6.07, 6.45) is 10.2. The highest BCUT2D eigenvalue weighted by atomic mass is 15.1. The Bertz CT molecular complexity index is 408. The molecule has 0 aliphatic rings. The van der Waals surface area contributed by atoms with Crippen LogP contribution < -0.4 is 4.90 Å². The molecule has 0 saturated heterocycles. The molecule has 0 amide bonds. The topological polar surface area (TPSA) is 27.0 Å². The molecular formula is C19H30N2. The van der Waals surface area contributed by atoms with E-state index in [0.29, 0.717) is 0 Å². The second kappa shape index (κ2) is 11.2. The van der Waals surface area contributed by atoms with Crippen LogP contribution >= 0.6 is 0 Å². The van der Waals surface area contributed by atoms with E-state index >= 15 is 0 Å². The van der Waals surface area contributed by atoms with E-state index < -0.39 is 0 Å². The molecule has 0 unspecified atom stereocenters. The predicted octanol–water partition coefficient (Wildman–Crippen LogP) is 5.53. The maximum absolute atomic E-state index is 9.31. The molecule has 0 spiro atoms. The maximum Gasteiger partial charge on any atom is 0.101 e. The van der Waals surface area contributed by atoms with Gasteiger partial charge in [0.05, 0.1) is 11.3 Å². The summed E-state index contributed by atoms with van der Waals surface area (Å²) in [5.41, 5.74) is 1.93. The van der Waals surface area contributed by atoms with E-state index in [0.717, 1.165) is 24.3 Å². The normalized spacial score (nSPS) is 10.3. The minimum Gasteiger partial charge on any atom is -0.370 e. The summed E-state index contributed by atoms with van der Waals surface area (Å²) in [5.74, 6) is 0. The van der Waals surface area contributed by atoms with E-state index in [9.17, 15) is 5.26 Å². The lowest BCUT2D eigenvalue weighted by atomic mass is 10.1. The Kier molecular flexibility index (Phi) is 9.37. The number of benzene rings is 1. The molecule has 2 heteroatoms. The van der Waals surface area contributed by atoms with Gasteiger partial charge in [-0.3, -0.25) is 0 Å². The molecule has 0 aliphatic carbocycles. The van der Waals surface area contributed by atoms with Crippen LogP contribution in [-0.2, 0) is 0 Å². The molecule has 0 N–H and O–H groups in total. The molecule has 0 bridgehead atoms. The lowest BCUT2D eigenvalue weighted by Gasteiger charge is -2.26. The Labute approximate surface area is 130 Å². The first-order chi connectivity index (χ1) is 10.3. The third-order valence-corrected chi connectivity index (χ3v) is 3.93. The first-order valence-corrected chi connectivity index (χ1v) is 8.57. The third kappa shape index (κ3) is 6.67. The fourth-order valence-electron chi connectivity index (χ4n) is 2.66. The van der Waals surface area contributed by atoms with E-state index in [4.69, 9.17) is 0 Å². The van der Waals surface area contributed by atoms with Crippen molar-refractivity contribution >= 4 is 5.69 Å². The molecule has 0 saturated carbocycles. The van der Waals surface area contributed by atoms with E-state index in [2.05, 4.69) is 30.9 Å². The van der Waals surface area contributed by atoms with Crippen LogP contribution in [0.3, 0.4) is 0 Å². The Morgan fingerprint density at radius 3 is 1.95 bits per heavy atom. The van der Waals surface area contributed by atoms with Crippen molar-refractivity contribution < 1.29 is 0 Å². The molecule has 0 atom stereocenters. The third-order valence-electron chi connectivity index (χ3n) is 3.93. The SMILES string of the molecule is CCCCCCN(CCCCCC)c1ccccc1C#N. The number of unbranched alkanes of at least 4 members (excludes halogenated alkanes) is 6.